The van der Waals surface area contributed by atoms with Crippen LogP contribution in [0.2, 0.25) is 0 Å². The molecule has 0 bridgehead atoms. The summed E-state index contributed by atoms with van der Waals surface area (Å²) in [5.74, 6) is -0.144. The molecule has 0 saturated heterocycles. The largest absolute Gasteiger partial charge is 0.462 e. The Morgan fingerprint density at radius 2 is 1.92 bits per heavy atom. The van der Waals surface area contributed by atoms with Crippen molar-refractivity contribution < 1.29 is 9.53 Å². The fourth-order valence-corrected chi connectivity index (χ4v) is 0.837. The number of hydrogen-bond donors (Lipinski definition) is 0. The van der Waals surface area contributed by atoms with Crippen LogP contribution in [-0.4, -0.2) is 12.1 Å². The third-order valence-corrected chi connectivity index (χ3v) is 1.66. The minimum atomic E-state index is -0.114. The number of esters is 1. The van der Waals surface area contributed by atoms with Gasteiger partial charge < -0.3 is 4.74 Å². The number of carbonyl (C=O) groups is 1. The van der Waals surface area contributed by atoms with Crippen molar-refractivity contribution in [3.8, 4) is 0 Å². The predicted octanol–water partition coefficient (Wildman–Crippen LogP) is 2.93. The molecule has 0 radical (unpaired) electrons. The van der Waals surface area contributed by atoms with Gasteiger partial charge in [-0.15, -0.1) is 0 Å². The highest BCUT2D eigenvalue weighted by Gasteiger charge is 2.11. The highest BCUT2D eigenvalue weighted by Crippen LogP contribution is 2.04. The predicted molar refractivity (Wildman–Crippen MR) is 54.4 cm³/mol. The first kappa shape index (κ1) is 12.2. The third-order valence-electron chi connectivity index (χ3n) is 1.66. The molecule has 0 aromatic rings. The van der Waals surface area contributed by atoms with Gasteiger partial charge in [-0.1, -0.05) is 32.9 Å². The fourth-order valence-electron chi connectivity index (χ4n) is 0.837. The highest BCUT2D eigenvalue weighted by molar-refractivity contribution is 5.71. The molecule has 76 valence electrons. The minimum absolute atomic E-state index is 0.00213. The number of hydrogen-bond acceptors (Lipinski definition) is 2. The van der Waals surface area contributed by atoms with E-state index in [1.807, 2.05) is 20.8 Å². The monoisotopic (exact) mass is 184 g/mol. The molecule has 0 saturated carbocycles. The summed E-state index contributed by atoms with van der Waals surface area (Å²) < 4.78 is 5.17. The zero-order valence-corrected chi connectivity index (χ0v) is 9.04. The fraction of sp³-hybridized carbons (Fsp3) is 0.727. The van der Waals surface area contributed by atoms with E-state index in [1.54, 1.807) is 0 Å². The molecule has 0 spiro atoms. The van der Waals surface area contributed by atoms with Gasteiger partial charge in [-0.2, -0.15) is 0 Å². The quantitative estimate of drug-likeness (QED) is 0.485. The van der Waals surface area contributed by atoms with Crippen molar-refractivity contribution in [1.29, 1.82) is 0 Å². The van der Waals surface area contributed by atoms with Crippen LogP contribution in [0.25, 0.3) is 0 Å². The summed E-state index contributed by atoms with van der Waals surface area (Å²) in [6.07, 6.45) is 5.98. The van der Waals surface area contributed by atoms with Gasteiger partial charge in [-0.05, 0) is 13.3 Å². The maximum atomic E-state index is 11.1. The molecule has 0 aromatic heterocycles. The summed E-state index contributed by atoms with van der Waals surface area (Å²) in [5, 5.41) is 0. The summed E-state index contributed by atoms with van der Waals surface area (Å²) in [5.41, 5.74) is 0. The average molecular weight is 184 g/mol. The molecule has 0 aromatic carbocycles. The third kappa shape index (κ3) is 6.38. The maximum absolute atomic E-state index is 11.1. The molecular weight excluding hydrogens is 164 g/mol. The van der Waals surface area contributed by atoms with Gasteiger partial charge in [0.25, 0.3) is 0 Å². The summed E-state index contributed by atoms with van der Waals surface area (Å²) in [4.78, 5) is 11.1. The van der Waals surface area contributed by atoms with E-state index in [-0.39, 0.29) is 18.0 Å². The van der Waals surface area contributed by atoms with Gasteiger partial charge in [0, 0.05) is 6.42 Å². The molecule has 0 heterocycles. The molecule has 1 atom stereocenters. The van der Waals surface area contributed by atoms with Crippen molar-refractivity contribution in [3.05, 3.63) is 12.2 Å². The van der Waals surface area contributed by atoms with Gasteiger partial charge in [0.2, 0.25) is 0 Å². The smallest absolute Gasteiger partial charge is 0.308 e. The van der Waals surface area contributed by atoms with E-state index in [2.05, 4.69) is 19.1 Å². The van der Waals surface area contributed by atoms with Crippen molar-refractivity contribution in [3.63, 3.8) is 0 Å². The summed E-state index contributed by atoms with van der Waals surface area (Å²) in [6.45, 7) is 7.69. The van der Waals surface area contributed by atoms with Crippen molar-refractivity contribution in [2.24, 2.45) is 5.92 Å². The van der Waals surface area contributed by atoms with E-state index in [9.17, 15) is 4.79 Å². The van der Waals surface area contributed by atoms with Crippen molar-refractivity contribution >= 4 is 5.97 Å². The molecule has 2 heteroatoms. The molecule has 0 aliphatic carbocycles. The van der Waals surface area contributed by atoms with Crippen molar-refractivity contribution in [2.45, 2.75) is 46.6 Å². The number of allylic oxidation sites excluding steroid dienone is 1. The maximum Gasteiger partial charge on any atom is 0.308 e. The number of rotatable bonds is 5. The average Bonchev–Trinajstić information content (AvgIpc) is 2.04. The summed E-state index contributed by atoms with van der Waals surface area (Å²) in [7, 11) is 0. The van der Waals surface area contributed by atoms with Gasteiger partial charge >= 0.3 is 5.97 Å². The molecule has 2 nitrogen and oxygen atoms in total. The lowest BCUT2D eigenvalue weighted by Crippen LogP contribution is -2.18. The SMILES string of the molecule is CC/C=C\CC(C)OC(=O)C(C)C. The van der Waals surface area contributed by atoms with E-state index in [4.69, 9.17) is 4.74 Å². The van der Waals surface area contributed by atoms with E-state index in [1.165, 1.54) is 0 Å². The van der Waals surface area contributed by atoms with Crippen LogP contribution in [0.15, 0.2) is 12.2 Å². The van der Waals surface area contributed by atoms with Crippen LogP contribution < -0.4 is 0 Å². The molecular formula is C11H20O2. The Balaban J connectivity index is 3.67. The molecule has 0 rings (SSSR count). The van der Waals surface area contributed by atoms with Crippen LogP contribution in [-0.2, 0) is 9.53 Å². The van der Waals surface area contributed by atoms with E-state index < -0.39 is 0 Å². The second-order valence-electron chi connectivity index (χ2n) is 3.52. The standard InChI is InChI=1S/C11H20O2/c1-5-6-7-8-10(4)13-11(12)9(2)3/h6-7,9-10H,5,8H2,1-4H3/b7-6-. The van der Waals surface area contributed by atoms with Gasteiger partial charge in [0.15, 0.2) is 0 Å². The van der Waals surface area contributed by atoms with Crippen LogP contribution >= 0.6 is 0 Å². The van der Waals surface area contributed by atoms with Crippen molar-refractivity contribution in [2.75, 3.05) is 0 Å². The normalized spacial score (nSPS) is 13.6. The molecule has 13 heavy (non-hydrogen) atoms. The first-order valence-electron chi connectivity index (χ1n) is 4.93. The first-order chi connectivity index (χ1) is 6.07. The second kappa shape index (κ2) is 6.70. The van der Waals surface area contributed by atoms with Crippen LogP contribution in [0.4, 0.5) is 0 Å². The Kier molecular flexibility index (Phi) is 6.29. The first-order valence-corrected chi connectivity index (χ1v) is 4.93. The molecule has 0 aliphatic heterocycles. The Hall–Kier alpha value is -0.790. The van der Waals surface area contributed by atoms with E-state index >= 15 is 0 Å². The molecule has 1 unspecified atom stereocenters. The topological polar surface area (TPSA) is 26.3 Å². The molecule has 0 amide bonds. The Morgan fingerprint density at radius 3 is 2.38 bits per heavy atom. The number of carbonyl (C=O) groups excluding carboxylic acids is 1. The second-order valence-corrected chi connectivity index (χ2v) is 3.52. The summed E-state index contributed by atoms with van der Waals surface area (Å²) in [6, 6.07) is 0. The minimum Gasteiger partial charge on any atom is -0.462 e. The zero-order valence-electron chi connectivity index (χ0n) is 9.04. The van der Waals surface area contributed by atoms with Gasteiger partial charge in [0.05, 0.1) is 5.92 Å². The van der Waals surface area contributed by atoms with Crippen molar-refractivity contribution in [1.82, 2.24) is 0 Å². The van der Waals surface area contributed by atoms with E-state index in [0.29, 0.717) is 0 Å². The zero-order chi connectivity index (χ0) is 10.3. The lowest BCUT2D eigenvalue weighted by atomic mass is 10.2. The van der Waals surface area contributed by atoms with Crippen LogP contribution in [0.5, 0.6) is 0 Å². The lowest BCUT2D eigenvalue weighted by molar-refractivity contribution is -0.151. The summed E-state index contributed by atoms with van der Waals surface area (Å²) >= 11 is 0. The highest BCUT2D eigenvalue weighted by atomic mass is 16.5. The van der Waals surface area contributed by atoms with Crippen LogP contribution in [0.3, 0.4) is 0 Å². The van der Waals surface area contributed by atoms with Gasteiger partial charge in [-0.3, -0.25) is 4.79 Å². The van der Waals surface area contributed by atoms with Gasteiger partial charge in [0.1, 0.15) is 6.10 Å². The molecule has 0 aliphatic rings. The molecule has 0 fully saturated rings. The van der Waals surface area contributed by atoms with Crippen LogP contribution in [0.1, 0.15) is 40.5 Å². The van der Waals surface area contributed by atoms with E-state index in [0.717, 1.165) is 12.8 Å². The Bertz CT molecular complexity index is 171. The number of ether oxygens (including phenoxy) is 1. The lowest BCUT2D eigenvalue weighted by Gasteiger charge is -2.12. The van der Waals surface area contributed by atoms with Gasteiger partial charge in [-0.25, -0.2) is 0 Å². The molecule has 0 N–H and O–H groups in total. The Morgan fingerprint density at radius 1 is 1.31 bits per heavy atom. The van der Waals surface area contributed by atoms with Crippen LogP contribution in [0, 0.1) is 5.92 Å². The Labute approximate surface area is 81.0 Å².